The van der Waals surface area contributed by atoms with Crippen LogP contribution in [0.4, 0.5) is 0 Å². The molecule has 0 aromatic rings. The lowest BCUT2D eigenvalue weighted by Gasteiger charge is -2.11. The number of aliphatic carboxylic acids is 1. The molecule has 0 aromatic carbocycles. The molecule has 12 heavy (non-hydrogen) atoms. The van der Waals surface area contributed by atoms with Gasteiger partial charge in [0.2, 0.25) is 0 Å². The molecule has 0 aliphatic rings. The second kappa shape index (κ2) is 5.93. The number of hydrogen-bond acceptors (Lipinski definition) is 4. The van der Waals surface area contributed by atoms with Crippen molar-refractivity contribution >= 4 is 5.97 Å². The molecule has 0 radical (unpaired) electrons. The summed E-state index contributed by atoms with van der Waals surface area (Å²) >= 11 is 0. The summed E-state index contributed by atoms with van der Waals surface area (Å²) in [7, 11) is 0. The first-order valence-corrected chi connectivity index (χ1v) is 3.77. The fraction of sp³-hybridized carbons (Fsp3) is 0.857. The summed E-state index contributed by atoms with van der Waals surface area (Å²) in [6.07, 6.45) is -1.84. The maximum atomic E-state index is 10.1. The van der Waals surface area contributed by atoms with Gasteiger partial charge in [-0.25, -0.2) is 4.79 Å². The topological polar surface area (TPSA) is 98.0 Å². The van der Waals surface area contributed by atoms with Gasteiger partial charge in [-0.15, -0.1) is 0 Å². The monoisotopic (exact) mass is 178 g/mol. The Balaban J connectivity index is 3.53. The van der Waals surface area contributed by atoms with Crippen LogP contribution in [0.25, 0.3) is 0 Å². The fourth-order valence-corrected chi connectivity index (χ4v) is 0.803. The maximum Gasteiger partial charge on any atom is 0.332 e. The molecule has 0 aromatic heterocycles. The highest BCUT2D eigenvalue weighted by molar-refractivity contribution is 5.71. The summed E-state index contributed by atoms with van der Waals surface area (Å²) in [4.78, 5) is 10.1. The van der Waals surface area contributed by atoms with Crippen molar-refractivity contribution in [3.8, 4) is 0 Å². The largest absolute Gasteiger partial charge is 0.479 e. The molecule has 4 N–H and O–H groups in total. The van der Waals surface area contributed by atoms with Gasteiger partial charge in [0.25, 0.3) is 0 Å². The number of aliphatic hydroxyl groups is 3. The number of carboxylic acid groups (broad SMARTS) is 1. The van der Waals surface area contributed by atoms with Gasteiger partial charge in [0.15, 0.2) is 6.10 Å². The Morgan fingerprint density at radius 2 is 1.92 bits per heavy atom. The van der Waals surface area contributed by atoms with Crippen LogP contribution >= 0.6 is 0 Å². The molecule has 0 aliphatic heterocycles. The number of rotatable bonds is 6. The van der Waals surface area contributed by atoms with Crippen LogP contribution in [0.1, 0.15) is 19.3 Å². The SMILES string of the molecule is O=C(O)[C@H](O)C[C@@H](O)CCCO. The van der Waals surface area contributed by atoms with Gasteiger partial charge >= 0.3 is 5.97 Å². The Morgan fingerprint density at radius 3 is 2.33 bits per heavy atom. The van der Waals surface area contributed by atoms with Crippen molar-refractivity contribution in [1.29, 1.82) is 0 Å². The van der Waals surface area contributed by atoms with Gasteiger partial charge in [-0.2, -0.15) is 0 Å². The molecule has 0 saturated carbocycles. The summed E-state index contributed by atoms with van der Waals surface area (Å²) in [5, 5.41) is 34.5. The van der Waals surface area contributed by atoms with Crippen LogP contribution in [0.15, 0.2) is 0 Å². The highest BCUT2D eigenvalue weighted by Gasteiger charge is 2.17. The van der Waals surface area contributed by atoms with Crippen molar-refractivity contribution in [1.82, 2.24) is 0 Å². The van der Waals surface area contributed by atoms with E-state index in [1.165, 1.54) is 0 Å². The Bertz CT molecular complexity index is 136. The van der Waals surface area contributed by atoms with Crippen LogP contribution < -0.4 is 0 Å². The van der Waals surface area contributed by atoms with Crippen molar-refractivity contribution in [3.05, 3.63) is 0 Å². The Kier molecular flexibility index (Phi) is 5.61. The maximum absolute atomic E-state index is 10.1. The molecular formula is C7H14O5. The van der Waals surface area contributed by atoms with Crippen LogP contribution in [0, 0.1) is 0 Å². The molecule has 0 fully saturated rings. The minimum Gasteiger partial charge on any atom is -0.479 e. The summed E-state index contributed by atoms with van der Waals surface area (Å²) in [5.41, 5.74) is 0. The zero-order chi connectivity index (χ0) is 9.56. The predicted molar refractivity (Wildman–Crippen MR) is 40.6 cm³/mol. The van der Waals surface area contributed by atoms with E-state index in [9.17, 15) is 4.79 Å². The molecule has 0 rings (SSSR count). The second-order valence-corrected chi connectivity index (χ2v) is 2.61. The van der Waals surface area contributed by atoms with E-state index in [0.717, 1.165) is 0 Å². The van der Waals surface area contributed by atoms with E-state index in [-0.39, 0.29) is 13.0 Å². The Hall–Kier alpha value is -0.650. The summed E-state index contributed by atoms with van der Waals surface area (Å²) < 4.78 is 0. The predicted octanol–water partition coefficient (Wildman–Crippen LogP) is -1.04. The third-order valence-electron chi connectivity index (χ3n) is 1.48. The third-order valence-corrected chi connectivity index (χ3v) is 1.48. The van der Waals surface area contributed by atoms with Gasteiger partial charge < -0.3 is 20.4 Å². The molecule has 0 heterocycles. The average molecular weight is 178 g/mol. The molecule has 0 aliphatic carbocycles. The highest BCUT2D eigenvalue weighted by Crippen LogP contribution is 2.04. The van der Waals surface area contributed by atoms with Gasteiger partial charge in [0, 0.05) is 13.0 Å². The van der Waals surface area contributed by atoms with E-state index in [0.29, 0.717) is 12.8 Å². The molecule has 72 valence electrons. The quantitative estimate of drug-likeness (QED) is 0.416. The molecule has 0 spiro atoms. The summed E-state index contributed by atoms with van der Waals surface area (Å²) in [6, 6.07) is 0. The van der Waals surface area contributed by atoms with Crippen molar-refractivity contribution < 1.29 is 25.2 Å². The number of carboxylic acids is 1. The Labute approximate surface area is 70.3 Å². The highest BCUT2D eigenvalue weighted by atomic mass is 16.4. The van der Waals surface area contributed by atoms with Crippen LogP contribution in [0.3, 0.4) is 0 Å². The number of hydrogen-bond donors (Lipinski definition) is 4. The molecule has 5 nitrogen and oxygen atoms in total. The Morgan fingerprint density at radius 1 is 1.33 bits per heavy atom. The van der Waals surface area contributed by atoms with Crippen LogP contribution in [0.5, 0.6) is 0 Å². The second-order valence-electron chi connectivity index (χ2n) is 2.61. The normalized spacial score (nSPS) is 15.6. The first-order valence-electron chi connectivity index (χ1n) is 3.77. The standard InChI is InChI=1S/C7H14O5/c8-3-1-2-5(9)4-6(10)7(11)12/h5-6,8-10H,1-4H2,(H,11,12)/t5-,6+/m0/s1. The molecule has 0 amide bonds. The van der Waals surface area contributed by atoms with E-state index in [4.69, 9.17) is 20.4 Å². The average Bonchev–Trinajstić information content (AvgIpc) is 2.00. The smallest absolute Gasteiger partial charge is 0.332 e. The van der Waals surface area contributed by atoms with E-state index in [1.807, 2.05) is 0 Å². The van der Waals surface area contributed by atoms with Crippen LogP contribution in [0.2, 0.25) is 0 Å². The third kappa shape index (κ3) is 5.06. The molecule has 0 saturated heterocycles. The molecule has 0 bridgehead atoms. The summed E-state index contributed by atoms with van der Waals surface area (Å²) in [5.74, 6) is -1.34. The first-order chi connectivity index (χ1) is 5.57. The molecule has 0 unspecified atom stereocenters. The van der Waals surface area contributed by atoms with Gasteiger partial charge in [-0.3, -0.25) is 0 Å². The minimum atomic E-state index is -1.52. The molecule has 5 heteroatoms. The molecular weight excluding hydrogens is 164 g/mol. The molecule has 2 atom stereocenters. The van der Waals surface area contributed by atoms with Crippen molar-refractivity contribution in [3.63, 3.8) is 0 Å². The van der Waals surface area contributed by atoms with Gasteiger partial charge in [0.05, 0.1) is 6.10 Å². The van der Waals surface area contributed by atoms with Gasteiger partial charge in [-0.1, -0.05) is 0 Å². The van der Waals surface area contributed by atoms with E-state index in [1.54, 1.807) is 0 Å². The lowest BCUT2D eigenvalue weighted by atomic mass is 10.1. The number of carbonyl (C=O) groups is 1. The van der Waals surface area contributed by atoms with E-state index >= 15 is 0 Å². The zero-order valence-corrected chi connectivity index (χ0v) is 6.68. The fourth-order valence-electron chi connectivity index (χ4n) is 0.803. The van der Waals surface area contributed by atoms with Gasteiger partial charge in [-0.05, 0) is 12.8 Å². The lowest BCUT2D eigenvalue weighted by molar-refractivity contribution is -0.148. The zero-order valence-electron chi connectivity index (χ0n) is 6.68. The minimum absolute atomic E-state index is 0.0414. The van der Waals surface area contributed by atoms with Gasteiger partial charge in [0.1, 0.15) is 0 Å². The van der Waals surface area contributed by atoms with Crippen LogP contribution in [-0.4, -0.2) is 45.2 Å². The number of aliphatic hydroxyl groups excluding tert-OH is 3. The summed E-state index contributed by atoms with van der Waals surface area (Å²) in [6.45, 7) is -0.0414. The van der Waals surface area contributed by atoms with Crippen molar-refractivity contribution in [2.45, 2.75) is 31.5 Å². The van der Waals surface area contributed by atoms with E-state index < -0.39 is 18.2 Å². The van der Waals surface area contributed by atoms with Crippen LogP contribution in [-0.2, 0) is 4.79 Å². The lowest BCUT2D eigenvalue weighted by Crippen LogP contribution is -2.25. The first kappa shape index (κ1) is 11.4. The van der Waals surface area contributed by atoms with Crippen molar-refractivity contribution in [2.24, 2.45) is 0 Å². The van der Waals surface area contributed by atoms with Crippen molar-refractivity contribution in [2.75, 3.05) is 6.61 Å². The van der Waals surface area contributed by atoms with E-state index in [2.05, 4.69) is 0 Å².